The zero-order chi connectivity index (χ0) is 27.8. The second-order valence-corrected chi connectivity index (χ2v) is 10.9. The monoisotopic (exact) mass is 554 g/mol. The standard InChI is InChI=1S/C26H51O10P/c1-3-5-6-7-8-9-10-11-12-13-14-15-16-18-26(30)36-24(21-33-25(29)17-4-2)22-35-37(31,32)34-20-23(28)19-27/h23-24,27-28H,3-22H2,1-2H3,(H,31,32). The van der Waals surface area contributed by atoms with Crippen LogP contribution in [0.5, 0.6) is 0 Å². The van der Waals surface area contributed by atoms with Gasteiger partial charge in [-0.3, -0.25) is 18.6 Å². The van der Waals surface area contributed by atoms with Gasteiger partial charge in [0.05, 0.1) is 19.8 Å². The van der Waals surface area contributed by atoms with Gasteiger partial charge >= 0.3 is 19.8 Å². The van der Waals surface area contributed by atoms with Crippen LogP contribution in [0.3, 0.4) is 0 Å². The van der Waals surface area contributed by atoms with Gasteiger partial charge in [-0.2, -0.15) is 0 Å². The Morgan fingerprint density at radius 3 is 1.73 bits per heavy atom. The Hall–Kier alpha value is -1.03. The first-order valence-electron chi connectivity index (χ1n) is 14.0. The third-order valence-electron chi connectivity index (χ3n) is 5.73. The number of hydrogen-bond donors (Lipinski definition) is 3. The highest BCUT2D eigenvalue weighted by atomic mass is 31.2. The number of phosphoric acid groups is 1. The molecule has 0 radical (unpaired) electrons. The number of carbonyl (C=O) groups excluding carboxylic acids is 2. The molecule has 0 aliphatic rings. The van der Waals surface area contributed by atoms with E-state index in [9.17, 15) is 24.2 Å². The highest BCUT2D eigenvalue weighted by Crippen LogP contribution is 2.43. The van der Waals surface area contributed by atoms with Crippen LogP contribution in [0.4, 0.5) is 0 Å². The minimum Gasteiger partial charge on any atom is -0.462 e. The number of esters is 2. The Labute approximate surface area is 223 Å². The number of carbonyl (C=O) groups is 2. The minimum absolute atomic E-state index is 0.188. The SMILES string of the molecule is CCCCCCCCCCCCCCCC(=O)OC(COC(=O)CCC)COP(=O)(O)OCC(O)CO. The Morgan fingerprint density at radius 1 is 0.703 bits per heavy atom. The molecular formula is C26H51O10P. The average molecular weight is 555 g/mol. The molecule has 0 bridgehead atoms. The molecule has 10 nitrogen and oxygen atoms in total. The van der Waals surface area contributed by atoms with E-state index in [1.165, 1.54) is 57.8 Å². The van der Waals surface area contributed by atoms with Gasteiger partial charge in [0.25, 0.3) is 0 Å². The molecule has 0 rings (SSSR count). The van der Waals surface area contributed by atoms with Gasteiger partial charge in [-0.1, -0.05) is 90.9 Å². The Morgan fingerprint density at radius 2 is 1.22 bits per heavy atom. The molecule has 0 spiro atoms. The van der Waals surface area contributed by atoms with Crippen molar-refractivity contribution >= 4 is 19.8 Å². The molecule has 37 heavy (non-hydrogen) atoms. The van der Waals surface area contributed by atoms with E-state index in [4.69, 9.17) is 19.1 Å². The van der Waals surface area contributed by atoms with E-state index in [0.717, 1.165) is 19.3 Å². The van der Waals surface area contributed by atoms with Gasteiger partial charge in [0.15, 0.2) is 6.10 Å². The number of aliphatic hydroxyl groups is 2. The maximum Gasteiger partial charge on any atom is 0.472 e. The zero-order valence-electron chi connectivity index (χ0n) is 22.9. The van der Waals surface area contributed by atoms with Crippen LogP contribution in [0, 0.1) is 0 Å². The molecule has 0 aromatic heterocycles. The largest absolute Gasteiger partial charge is 0.472 e. The lowest BCUT2D eigenvalue weighted by Crippen LogP contribution is -2.29. The van der Waals surface area contributed by atoms with Crippen LogP contribution in [-0.4, -0.2) is 65.7 Å². The van der Waals surface area contributed by atoms with Crippen LogP contribution in [0.15, 0.2) is 0 Å². The van der Waals surface area contributed by atoms with Crippen LogP contribution in [0.2, 0.25) is 0 Å². The summed E-state index contributed by atoms with van der Waals surface area (Å²) in [6, 6.07) is 0. The van der Waals surface area contributed by atoms with Crippen molar-refractivity contribution in [3.63, 3.8) is 0 Å². The first-order valence-corrected chi connectivity index (χ1v) is 15.5. The Bertz CT molecular complexity index is 616. The Kier molecular flexibility index (Phi) is 23.4. The quantitative estimate of drug-likeness (QED) is 0.0739. The Balaban J connectivity index is 4.20. The van der Waals surface area contributed by atoms with Crippen molar-refractivity contribution in [2.24, 2.45) is 0 Å². The topological polar surface area (TPSA) is 149 Å². The van der Waals surface area contributed by atoms with E-state index in [0.29, 0.717) is 12.8 Å². The van der Waals surface area contributed by atoms with E-state index in [2.05, 4.69) is 11.4 Å². The summed E-state index contributed by atoms with van der Waals surface area (Å²) in [5.41, 5.74) is 0. The molecule has 0 fully saturated rings. The molecular weight excluding hydrogens is 503 g/mol. The van der Waals surface area contributed by atoms with Gasteiger partial charge in [-0.25, -0.2) is 4.57 Å². The fourth-order valence-electron chi connectivity index (χ4n) is 3.56. The molecule has 0 heterocycles. The molecule has 11 heteroatoms. The maximum atomic E-state index is 12.3. The van der Waals surface area contributed by atoms with Crippen molar-refractivity contribution in [2.75, 3.05) is 26.4 Å². The number of unbranched alkanes of at least 4 members (excludes halogenated alkanes) is 12. The van der Waals surface area contributed by atoms with Crippen LogP contribution in [0.25, 0.3) is 0 Å². The smallest absolute Gasteiger partial charge is 0.462 e. The van der Waals surface area contributed by atoms with Crippen LogP contribution < -0.4 is 0 Å². The van der Waals surface area contributed by atoms with Gasteiger partial charge < -0.3 is 24.6 Å². The first kappa shape index (κ1) is 36.0. The van der Waals surface area contributed by atoms with Gasteiger partial charge in [-0.15, -0.1) is 0 Å². The van der Waals surface area contributed by atoms with Crippen LogP contribution in [-0.2, 0) is 32.7 Å². The maximum absolute atomic E-state index is 12.3. The summed E-state index contributed by atoms with van der Waals surface area (Å²) < 4.78 is 31.7. The molecule has 3 N–H and O–H groups in total. The van der Waals surface area contributed by atoms with Crippen molar-refractivity contribution < 1.29 is 47.8 Å². The first-order chi connectivity index (χ1) is 17.7. The van der Waals surface area contributed by atoms with E-state index in [-0.39, 0.29) is 19.4 Å². The number of aliphatic hydroxyl groups excluding tert-OH is 2. The summed E-state index contributed by atoms with van der Waals surface area (Å²) in [5.74, 6) is -0.984. The molecule has 3 atom stereocenters. The fraction of sp³-hybridized carbons (Fsp3) is 0.923. The number of ether oxygens (including phenoxy) is 2. The van der Waals surface area contributed by atoms with Crippen molar-refractivity contribution in [1.29, 1.82) is 0 Å². The van der Waals surface area contributed by atoms with Gasteiger partial charge in [0.1, 0.15) is 12.7 Å². The lowest BCUT2D eigenvalue weighted by molar-refractivity contribution is -0.161. The molecule has 0 amide bonds. The molecule has 0 saturated heterocycles. The van der Waals surface area contributed by atoms with E-state index < -0.39 is 51.8 Å². The number of hydrogen-bond acceptors (Lipinski definition) is 9. The van der Waals surface area contributed by atoms with Gasteiger partial charge in [0, 0.05) is 12.8 Å². The van der Waals surface area contributed by atoms with Crippen molar-refractivity contribution in [1.82, 2.24) is 0 Å². The van der Waals surface area contributed by atoms with Crippen LogP contribution >= 0.6 is 7.82 Å². The molecule has 220 valence electrons. The fourth-order valence-corrected chi connectivity index (χ4v) is 4.35. The van der Waals surface area contributed by atoms with Crippen molar-refractivity contribution in [3.05, 3.63) is 0 Å². The summed E-state index contributed by atoms with van der Waals surface area (Å²) in [6.45, 7) is 1.94. The second kappa shape index (κ2) is 24.0. The van der Waals surface area contributed by atoms with Crippen LogP contribution in [0.1, 0.15) is 117 Å². The van der Waals surface area contributed by atoms with E-state index >= 15 is 0 Å². The minimum atomic E-state index is -4.57. The third kappa shape index (κ3) is 23.8. The highest BCUT2D eigenvalue weighted by molar-refractivity contribution is 7.47. The summed E-state index contributed by atoms with van der Waals surface area (Å²) in [5, 5.41) is 18.0. The van der Waals surface area contributed by atoms with Gasteiger partial charge in [-0.05, 0) is 12.8 Å². The summed E-state index contributed by atoms with van der Waals surface area (Å²) in [4.78, 5) is 33.6. The number of phosphoric ester groups is 1. The normalized spacial score (nSPS) is 14.6. The lowest BCUT2D eigenvalue weighted by atomic mass is 10.0. The zero-order valence-corrected chi connectivity index (χ0v) is 23.8. The lowest BCUT2D eigenvalue weighted by Gasteiger charge is -2.20. The molecule has 0 aliphatic heterocycles. The predicted molar refractivity (Wildman–Crippen MR) is 141 cm³/mol. The van der Waals surface area contributed by atoms with E-state index in [1.807, 2.05) is 6.92 Å². The number of rotatable bonds is 26. The van der Waals surface area contributed by atoms with E-state index in [1.54, 1.807) is 0 Å². The third-order valence-corrected chi connectivity index (χ3v) is 6.68. The molecule has 0 aromatic rings. The highest BCUT2D eigenvalue weighted by Gasteiger charge is 2.27. The van der Waals surface area contributed by atoms with Crippen molar-refractivity contribution in [3.8, 4) is 0 Å². The molecule has 0 saturated carbocycles. The molecule has 0 aliphatic carbocycles. The average Bonchev–Trinajstić information content (AvgIpc) is 2.87. The van der Waals surface area contributed by atoms with Crippen molar-refractivity contribution in [2.45, 2.75) is 129 Å². The summed E-state index contributed by atoms with van der Waals surface area (Å²) >= 11 is 0. The predicted octanol–water partition coefficient (Wildman–Crippen LogP) is 5.21. The molecule has 0 aromatic carbocycles. The van der Waals surface area contributed by atoms with Gasteiger partial charge in [0.2, 0.25) is 0 Å². The second-order valence-electron chi connectivity index (χ2n) is 9.43. The summed E-state index contributed by atoms with van der Waals surface area (Å²) in [6.07, 6.45) is 14.0. The molecule has 3 unspecified atom stereocenters. The summed E-state index contributed by atoms with van der Waals surface area (Å²) in [7, 11) is -4.57.